The van der Waals surface area contributed by atoms with Crippen LogP contribution in [0.1, 0.15) is 96.3 Å². The van der Waals surface area contributed by atoms with Crippen LogP contribution in [0.25, 0.3) is 0 Å². The van der Waals surface area contributed by atoms with Gasteiger partial charge in [0.2, 0.25) is 0 Å². The topological polar surface area (TPSA) is 18.5 Å². The van der Waals surface area contributed by atoms with Crippen molar-refractivity contribution in [3.63, 3.8) is 0 Å². The fraction of sp³-hybridized carbons (Fsp3) is 0.333. The third-order valence-corrected chi connectivity index (χ3v) is 13.6. The van der Waals surface area contributed by atoms with Crippen molar-refractivity contribution in [2.24, 2.45) is 11.8 Å². The predicted octanol–water partition coefficient (Wildman–Crippen LogP) is 13.5. The van der Waals surface area contributed by atoms with Crippen molar-refractivity contribution in [2.75, 3.05) is 4.90 Å². The van der Waals surface area contributed by atoms with E-state index >= 15 is 0 Å². The van der Waals surface area contributed by atoms with Gasteiger partial charge in [0.25, 0.3) is 0 Å². The largest absolute Gasteiger partial charge is 0.359 e. The summed E-state index contributed by atoms with van der Waals surface area (Å²) in [6.07, 6.45) is 60.2. The van der Waals surface area contributed by atoms with E-state index in [4.69, 9.17) is 0 Å². The second-order valence-electron chi connectivity index (χ2n) is 17.1. The number of nitrogens with zero attached hydrogens (tertiary/aromatic N) is 2. The highest BCUT2D eigenvalue weighted by molar-refractivity contribution is 5.63. The number of rotatable bonds is 9. The molecule has 3 unspecified atom stereocenters. The fourth-order valence-corrected chi connectivity index (χ4v) is 10.6. The molecule has 0 amide bonds. The van der Waals surface area contributed by atoms with Crippen LogP contribution in [-0.4, -0.2) is 10.9 Å². The fourth-order valence-electron chi connectivity index (χ4n) is 10.6. The van der Waals surface area contributed by atoms with E-state index in [1.807, 2.05) is 0 Å². The maximum absolute atomic E-state index is 3.81. The van der Waals surface area contributed by atoms with Gasteiger partial charge >= 0.3 is 0 Å². The van der Waals surface area contributed by atoms with Crippen molar-refractivity contribution < 1.29 is 0 Å². The Morgan fingerprint density at radius 3 is 2.30 bits per heavy atom. The van der Waals surface area contributed by atoms with Crippen LogP contribution >= 0.6 is 0 Å². The van der Waals surface area contributed by atoms with Gasteiger partial charge in [0, 0.05) is 51.7 Å². The quantitative estimate of drug-likeness (QED) is 0.254. The third-order valence-electron chi connectivity index (χ3n) is 13.6. The Balaban J connectivity index is 0.902. The smallest absolute Gasteiger partial charge is 0.0585 e. The maximum atomic E-state index is 3.81. The lowest BCUT2D eigenvalue weighted by Crippen LogP contribution is -2.33. The van der Waals surface area contributed by atoms with E-state index in [0.717, 1.165) is 64.2 Å². The van der Waals surface area contributed by atoms with Gasteiger partial charge < -0.3 is 15.1 Å². The van der Waals surface area contributed by atoms with E-state index < -0.39 is 0 Å². The summed E-state index contributed by atoms with van der Waals surface area (Å²) in [6.45, 7) is 0. The van der Waals surface area contributed by atoms with Gasteiger partial charge in [-0.1, -0.05) is 97.2 Å². The molecule has 1 aliphatic heterocycles. The van der Waals surface area contributed by atoms with Gasteiger partial charge in [0.05, 0.1) is 6.04 Å². The molecule has 0 bridgehead atoms. The van der Waals surface area contributed by atoms with Crippen LogP contribution in [0.2, 0.25) is 0 Å². The second-order valence-corrected chi connectivity index (χ2v) is 17.1. The minimum Gasteiger partial charge on any atom is -0.359 e. The number of para-hydroxylation sites is 1. The van der Waals surface area contributed by atoms with Crippen molar-refractivity contribution in [2.45, 2.75) is 102 Å². The summed E-state index contributed by atoms with van der Waals surface area (Å²) in [5.41, 5.74) is 18.7. The normalized spacial score (nSPS) is 26.7. The van der Waals surface area contributed by atoms with E-state index in [2.05, 4.69) is 155 Å². The van der Waals surface area contributed by atoms with Crippen LogP contribution in [0.3, 0.4) is 0 Å². The first kappa shape index (κ1) is 36.1. The average molecular weight is 748 g/mol. The molecular formula is C54H57N3. The Morgan fingerprint density at radius 1 is 0.632 bits per heavy atom. The zero-order valence-corrected chi connectivity index (χ0v) is 33.5. The molecule has 1 heterocycles. The highest BCUT2D eigenvalue weighted by Gasteiger charge is 2.42. The van der Waals surface area contributed by atoms with E-state index in [1.165, 1.54) is 99.8 Å². The second kappa shape index (κ2) is 16.3. The zero-order valence-electron chi connectivity index (χ0n) is 33.5. The van der Waals surface area contributed by atoms with E-state index in [-0.39, 0.29) is 0 Å². The molecule has 3 atom stereocenters. The summed E-state index contributed by atoms with van der Waals surface area (Å²) in [5.74, 6) is 1.08. The number of anilines is 1. The Hall–Kier alpha value is -5.28. The number of hydrogen-bond acceptors (Lipinski definition) is 3. The van der Waals surface area contributed by atoms with Crippen molar-refractivity contribution in [3.8, 4) is 0 Å². The average Bonchev–Trinajstić information content (AvgIpc) is 3.62. The van der Waals surface area contributed by atoms with Gasteiger partial charge in [0.15, 0.2) is 0 Å². The van der Waals surface area contributed by atoms with Gasteiger partial charge in [-0.15, -0.1) is 0 Å². The molecule has 0 aromatic heterocycles. The Kier molecular flexibility index (Phi) is 10.3. The molecular weight excluding hydrogens is 691 g/mol. The molecule has 1 aromatic rings. The van der Waals surface area contributed by atoms with Crippen LogP contribution in [0.4, 0.5) is 5.69 Å². The summed E-state index contributed by atoms with van der Waals surface area (Å²) < 4.78 is 0. The summed E-state index contributed by atoms with van der Waals surface area (Å²) in [4.78, 5) is 5.32. The third kappa shape index (κ3) is 7.50. The summed E-state index contributed by atoms with van der Waals surface area (Å²) in [7, 11) is 0. The number of nitrogens with one attached hydrogen (secondary N) is 1. The molecule has 288 valence electrons. The monoisotopic (exact) mass is 747 g/mol. The standard InChI is InChI=1S/C54H57N3/c1-4-13-39(14-5-1)41-23-29-45(30-24-41)55-46-18-12-17-44(37-46)43-27-33-49(34-28-43)57-53-22-11-10-21-51(53)52-36-35-50(38-54(52)57)56(47-19-8-3-9-20-47)48-31-25-42(26-32-48)40-15-6-2-7-16-40/h1,3-4,6,8-9,11,13,15-16,18-20,22-23,25,27,29,31-33,37-38,42,51,53,55H,2,5,7,10,12,14,17,21,24,26,28,30,34-36H2. The molecule has 1 N–H and O–H groups in total. The highest BCUT2D eigenvalue weighted by Crippen LogP contribution is 2.50. The van der Waals surface area contributed by atoms with Gasteiger partial charge in [-0.25, -0.2) is 0 Å². The molecule has 0 fully saturated rings. The number of hydrogen-bond donors (Lipinski definition) is 1. The van der Waals surface area contributed by atoms with E-state index in [0.29, 0.717) is 17.9 Å². The van der Waals surface area contributed by atoms with E-state index in [1.54, 1.807) is 5.57 Å². The lowest BCUT2D eigenvalue weighted by Gasteiger charge is -2.36. The van der Waals surface area contributed by atoms with E-state index in [9.17, 15) is 0 Å². The highest BCUT2D eigenvalue weighted by atomic mass is 15.2. The molecule has 9 aliphatic rings. The van der Waals surface area contributed by atoms with Crippen molar-refractivity contribution in [3.05, 3.63) is 207 Å². The molecule has 0 radical (unpaired) electrons. The number of benzene rings is 1. The van der Waals surface area contributed by atoms with Gasteiger partial charge in [-0.2, -0.15) is 0 Å². The molecule has 0 saturated carbocycles. The molecule has 0 saturated heterocycles. The van der Waals surface area contributed by atoms with Crippen LogP contribution < -0.4 is 10.2 Å². The number of allylic oxidation sites excluding steroid dienone is 25. The lowest BCUT2D eigenvalue weighted by atomic mass is 9.82. The first-order valence-electron chi connectivity index (χ1n) is 22.1. The van der Waals surface area contributed by atoms with Gasteiger partial charge in [-0.3, -0.25) is 0 Å². The lowest BCUT2D eigenvalue weighted by molar-refractivity contribution is 0.316. The van der Waals surface area contributed by atoms with Gasteiger partial charge in [0.1, 0.15) is 0 Å². The summed E-state index contributed by atoms with van der Waals surface area (Å²) in [5, 5.41) is 3.81. The first-order valence-corrected chi connectivity index (χ1v) is 22.1. The predicted molar refractivity (Wildman–Crippen MR) is 238 cm³/mol. The molecule has 57 heavy (non-hydrogen) atoms. The zero-order chi connectivity index (χ0) is 38.0. The van der Waals surface area contributed by atoms with Gasteiger partial charge in [-0.05, 0) is 172 Å². The maximum Gasteiger partial charge on any atom is 0.0585 e. The summed E-state index contributed by atoms with van der Waals surface area (Å²) >= 11 is 0. The van der Waals surface area contributed by atoms with Crippen LogP contribution in [0, 0.1) is 11.8 Å². The molecule has 3 nitrogen and oxygen atoms in total. The minimum absolute atomic E-state index is 0.425. The minimum atomic E-state index is 0.425. The van der Waals surface area contributed by atoms with Crippen LogP contribution in [0.15, 0.2) is 207 Å². The van der Waals surface area contributed by atoms with Crippen LogP contribution in [0.5, 0.6) is 0 Å². The Bertz CT molecular complexity index is 2260. The molecule has 1 aromatic carbocycles. The first-order chi connectivity index (χ1) is 28.2. The number of fused-ring (bicyclic) bond motifs is 2. The molecule has 0 spiro atoms. The van der Waals surface area contributed by atoms with Crippen molar-refractivity contribution in [1.29, 1.82) is 0 Å². The SMILES string of the molecule is C1=CCCC(C2=CC=C(NC3=CCCC(C4=CC=C(N5C6=C(CCC(N(C7=CCC(C8=CCCC=C8)C=C7)c7ccccc7)=C6)C6CCC=CC65)CC4)=C3)CC2)=C1. The van der Waals surface area contributed by atoms with Crippen LogP contribution in [-0.2, 0) is 0 Å². The summed E-state index contributed by atoms with van der Waals surface area (Å²) in [6, 6.07) is 11.5. The molecule has 3 heteroatoms. The molecule has 10 rings (SSSR count). The molecule has 8 aliphatic carbocycles. The van der Waals surface area contributed by atoms with Crippen molar-refractivity contribution in [1.82, 2.24) is 10.2 Å². The van der Waals surface area contributed by atoms with Crippen molar-refractivity contribution >= 4 is 5.69 Å². The Labute approximate surface area is 341 Å². The Morgan fingerprint density at radius 2 is 1.51 bits per heavy atom.